The van der Waals surface area contributed by atoms with Gasteiger partial charge in [-0.2, -0.15) is 12.6 Å². The number of piperidine rings is 1. The molecular formula is C15H21NOS. The largest absolute Gasteiger partial charge is 0.385 e. The zero-order chi connectivity index (χ0) is 12.8. The van der Waals surface area contributed by atoms with Gasteiger partial charge in [0.25, 0.3) is 0 Å². The van der Waals surface area contributed by atoms with E-state index >= 15 is 0 Å². The molecule has 0 radical (unpaired) electrons. The van der Waals surface area contributed by atoms with Gasteiger partial charge in [-0.15, -0.1) is 0 Å². The summed E-state index contributed by atoms with van der Waals surface area (Å²) < 4.78 is 0. The highest BCUT2D eigenvalue weighted by molar-refractivity contribution is 7.80. The first-order valence-corrected chi connectivity index (χ1v) is 7.19. The molecule has 1 saturated heterocycles. The lowest BCUT2D eigenvalue weighted by Crippen LogP contribution is -2.39. The third-order valence-electron chi connectivity index (χ3n) is 3.48. The van der Waals surface area contributed by atoms with Gasteiger partial charge in [-0.1, -0.05) is 36.4 Å². The number of aliphatic hydroxyl groups is 1. The van der Waals surface area contributed by atoms with Crippen molar-refractivity contribution in [2.24, 2.45) is 0 Å². The summed E-state index contributed by atoms with van der Waals surface area (Å²) in [6.45, 7) is 1.78. The van der Waals surface area contributed by atoms with Crippen LogP contribution in [-0.2, 0) is 5.60 Å². The Morgan fingerprint density at radius 1 is 1.22 bits per heavy atom. The summed E-state index contributed by atoms with van der Waals surface area (Å²) in [7, 11) is 0. The summed E-state index contributed by atoms with van der Waals surface area (Å²) in [6.07, 6.45) is 6.80. The van der Waals surface area contributed by atoms with Crippen molar-refractivity contribution >= 4 is 18.7 Å². The summed E-state index contributed by atoms with van der Waals surface area (Å²) in [4.78, 5) is 0. The summed E-state index contributed by atoms with van der Waals surface area (Å²) in [5.74, 6) is 0.876. The molecule has 18 heavy (non-hydrogen) atoms. The maximum absolute atomic E-state index is 10.6. The molecule has 1 aromatic carbocycles. The zero-order valence-corrected chi connectivity index (χ0v) is 11.5. The van der Waals surface area contributed by atoms with Crippen molar-refractivity contribution in [2.45, 2.75) is 24.9 Å². The molecule has 0 atom stereocenters. The van der Waals surface area contributed by atoms with Crippen LogP contribution in [0.2, 0.25) is 0 Å². The molecular weight excluding hydrogens is 242 g/mol. The number of thiol groups is 1. The van der Waals surface area contributed by atoms with Crippen LogP contribution < -0.4 is 5.32 Å². The Morgan fingerprint density at radius 2 is 1.89 bits per heavy atom. The molecule has 1 aliphatic heterocycles. The van der Waals surface area contributed by atoms with Gasteiger partial charge >= 0.3 is 0 Å². The second-order valence-electron chi connectivity index (χ2n) is 4.82. The van der Waals surface area contributed by atoms with Crippen LogP contribution in [-0.4, -0.2) is 23.9 Å². The van der Waals surface area contributed by atoms with Crippen molar-refractivity contribution in [3.8, 4) is 0 Å². The van der Waals surface area contributed by atoms with E-state index in [0.717, 1.165) is 43.7 Å². The molecule has 0 aliphatic carbocycles. The number of hydrogen-bond acceptors (Lipinski definition) is 3. The molecule has 2 rings (SSSR count). The molecule has 1 aromatic rings. The second kappa shape index (κ2) is 6.41. The highest BCUT2D eigenvalue weighted by atomic mass is 32.1. The fourth-order valence-corrected chi connectivity index (χ4v) is 2.48. The maximum Gasteiger partial charge on any atom is 0.0920 e. The van der Waals surface area contributed by atoms with Crippen molar-refractivity contribution in [3.63, 3.8) is 0 Å². The number of rotatable bonds is 4. The first-order chi connectivity index (χ1) is 8.74. The Kier molecular flexibility index (Phi) is 4.87. The smallest absolute Gasteiger partial charge is 0.0920 e. The Labute approximate surface area is 115 Å². The van der Waals surface area contributed by atoms with E-state index in [-0.39, 0.29) is 0 Å². The Balaban J connectivity index is 2.07. The van der Waals surface area contributed by atoms with Crippen molar-refractivity contribution in [2.75, 3.05) is 18.8 Å². The maximum atomic E-state index is 10.6. The van der Waals surface area contributed by atoms with E-state index in [1.807, 2.05) is 12.1 Å². The van der Waals surface area contributed by atoms with Gasteiger partial charge in [-0.25, -0.2) is 0 Å². The van der Waals surface area contributed by atoms with E-state index in [2.05, 4.69) is 42.2 Å². The Bertz CT molecular complexity index is 393. The number of nitrogens with one attached hydrogen (secondary N) is 1. The first-order valence-electron chi connectivity index (χ1n) is 6.56. The van der Waals surface area contributed by atoms with Crippen LogP contribution >= 0.6 is 12.6 Å². The third kappa shape index (κ3) is 3.37. The molecule has 2 N–H and O–H groups in total. The summed E-state index contributed by atoms with van der Waals surface area (Å²) in [5.41, 5.74) is 1.58. The Hall–Kier alpha value is -0.770. The molecule has 1 fully saturated rings. The average molecular weight is 263 g/mol. The van der Waals surface area contributed by atoms with Crippen LogP contribution in [0.4, 0.5) is 0 Å². The molecule has 0 saturated carbocycles. The molecule has 1 heterocycles. The van der Waals surface area contributed by atoms with Crippen LogP contribution in [0.5, 0.6) is 0 Å². The zero-order valence-electron chi connectivity index (χ0n) is 10.6. The van der Waals surface area contributed by atoms with Crippen LogP contribution in [0, 0.1) is 0 Å². The van der Waals surface area contributed by atoms with Gasteiger partial charge in [-0.3, -0.25) is 0 Å². The Morgan fingerprint density at radius 3 is 2.50 bits per heavy atom. The van der Waals surface area contributed by atoms with Gasteiger partial charge in [0, 0.05) is 0 Å². The molecule has 3 heteroatoms. The van der Waals surface area contributed by atoms with Crippen molar-refractivity contribution in [1.29, 1.82) is 0 Å². The van der Waals surface area contributed by atoms with E-state index < -0.39 is 5.60 Å². The first kappa shape index (κ1) is 13.7. The van der Waals surface area contributed by atoms with Crippen molar-refractivity contribution in [3.05, 3.63) is 41.5 Å². The SMILES string of the molecule is OC1(c2ccc(C=CCCS)cc2)CCNCC1. The monoisotopic (exact) mass is 263 g/mol. The number of hydrogen-bond donors (Lipinski definition) is 3. The normalized spacial score (nSPS) is 19.2. The van der Waals surface area contributed by atoms with E-state index in [1.165, 1.54) is 5.56 Å². The predicted octanol–water partition coefficient (Wildman–Crippen LogP) is 2.59. The van der Waals surface area contributed by atoms with Gasteiger partial charge in [0.1, 0.15) is 0 Å². The van der Waals surface area contributed by atoms with Gasteiger partial charge in [0.05, 0.1) is 5.60 Å². The summed E-state index contributed by atoms with van der Waals surface area (Å²) in [6, 6.07) is 8.24. The molecule has 2 nitrogen and oxygen atoms in total. The van der Waals surface area contributed by atoms with Crippen molar-refractivity contribution < 1.29 is 5.11 Å². The standard InChI is InChI=1S/C15H21NOS/c17-15(8-10-16-11-9-15)14-6-4-13(5-7-14)3-1-2-12-18/h1,3-7,16-18H,2,8-12H2. The lowest BCUT2D eigenvalue weighted by molar-refractivity contribution is 0.00594. The fourth-order valence-electron chi connectivity index (χ4n) is 2.33. The molecule has 0 spiro atoms. The highest BCUT2D eigenvalue weighted by Gasteiger charge is 2.30. The van der Waals surface area contributed by atoms with Crippen LogP contribution in [0.3, 0.4) is 0 Å². The summed E-state index contributed by atoms with van der Waals surface area (Å²) in [5, 5.41) is 13.9. The molecule has 0 unspecified atom stereocenters. The second-order valence-corrected chi connectivity index (χ2v) is 5.27. The van der Waals surface area contributed by atoms with Gasteiger partial charge in [-0.05, 0) is 49.2 Å². The predicted molar refractivity (Wildman–Crippen MR) is 79.9 cm³/mol. The topological polar surface area (TPSA) is 32.3 Å². The molecule has 98 valence electrons. The number of benzene rings is 1. The molecule has 0 amide bonds. The molecule has 1 aliphatic rings. The minimum atomic E-state index is -0.640. The van der Waals surface area contributed by atoms with Crippen LogP contribution in [0.15, 0.2) is 30.3 Å². The van der Waals surface area contributed by atoms with Gasteiger partial charge in [0.15, 0.2) is 0 Å². The lowest BCUT2D eigenvalue weighted by Gasteiger charge is -2.33. The third-order valence-corrected chi connectivity index (χ3v) is 3.74. The van der Waals surface area contributed by atoms with Crippen LogP contribution in [0.1, 0.15) is 30.4 Å². The minimum Gasteiger partial charge on any atom is -0.385 e. The quantitative estimate of drug-likeness (QED) is 0.730. The number of allylic oxidation sites excluding steroid dienone is 1. The van der Waals surface area contributed by atoms with E-state index in [0.29, 0.717) is 0 Å². The van der Waals surface area contributed by atoms with Gasteiger partial charge < -0.3 is 10.4 Å². The van der Waals surface area contributed by atoms with Gasteiger partial charge in [0.2, 0.25) is 0 Å². The average Bonchev–Trinajstić information content (AvgIpc) is 2.41. The van der Waals surface area contributed by atoms with E-state index in [4.69, 9.17) is 0 Å². The highest BCUT2D eigenvalue weighted by Crippen LogP contribution is 2.30. The summed E-state index contributed by atoms with van der Waals surface area (Å²) >= 11 is 4.17. The van der Waals surface area contributed by atoms with Crippen molar-refractivity contribution in [1.82, 2.24) is 5.32 Å². The van der Waals surface area contributed by atoms with Crippen LogP contribution in [0.25, 0.3) is 6.08 Å². The molecule has 0 aromatic heterocycles. The lowest BCUT2D eigenvalue weighted by atomic mass is 9.85. The minimum absolute atomic E-state index is 0.640. The van der Waals surface area contributed by atoms with E-state index in [9.17, 15) is 5.11 Å². The molecule has 0 bridgehead atoms. The van der Waals surface area contributed by atoms with E-state index in [1.54, 1.807) is 0 Å². The fraction of sp³-hybridized carbons (Fsp3) is 0.467.